The van der Waals surface area contributed by atoms with E-state index in [2.05, 4.69) is 39.3 Å². The molecule has 3 aliphatic heterocycles. The molecule has 14 nitrogen and oxygen atoms in total. The van der Waals surface area contributed by atoms with E-state index in [1.165, 1.54) is 0 Å². The van der Waals surface area contributed by atoms with Crippen LogP contribution in [0.3, 0.4) is 0 Å². The number of nitrogens with zero attached hydrogens (tertiary/aromatic N) is 6. The zero-order valence-corrected chi connectivity index (χ0v) is 30.6. The summed E-state index contributed by atoms with van der Waals surface area (Å²) in [6, 6.07) is 19.8. The molecule has 0 saturated carbocycles. The first-order valence-electron chi connectivity index (χ1n) is 17.9. The summed E-state index contributed by atoms with van der Waals surface area (Å²) >= 11 is 0. The third kappa shape index (κ3) is 6.95. The van der Waals surface area contributed by atoms with Crippen LogP contribution in [0.1, 0.15) is 64.4 Å². The van der Waals surface area contributed by atoms with Gasteiger partial charge in [-0.2, -0.15) is 4.98 Å². The highest BCUT2D eigenvalue weighted by atomic mass is 16.5. The van der Waals surface area contributed by atoms with Gasteiger partial charge in [0.1, 0.15) is 24.1 Å². The molecule has 0 radical (unpaired) electrons. The van der Waals surface area contributed by atoms with Crippen LogP contribution in [0.5, 0.6) is 17.2 Å². The van der Waals surface area contributed by atoms with Crippen molar-refractivity contribution in [2.45, 2.75) is 45.1 Å². The quantitative estimate of drug-likeness (QED) is 0.161. The second kappa shape index (κ2) is 14.5. The molecule has 1 N–H and O–H groups in total. The van der Waals surface area contributed by atoms with Crippen LogP contribution in [0.15, 0.2) is 120 Å². The minimum Gasteiger partial charge on any atom is -0.487 e. The van der Waals surface area contributed by atoms with E-state index in [-0.39, 0.29) is 36.0 Å². The lowest BCUT2D eigenvalue weighted by molar-refractivity contribution is -0.136. The van der Waals surface area contributed by atoms with Gasteiger partial charge >= 0.3 is 0 Å². The SMILES string of the molecule is Cc1nc(-c2ncc(Oc3ccc(C(C)(C)c4ccc(OCC5=CC=CC=CN5c5ccc6c(c5)C(=O)N([C@H]5CCC(=O)NC5=O)C6=O)cc4)cc3)cn2)no1. The largest absolute Gasteiger partial charge is 0.487 e. The standard InChI is InChI=1S/C42H35N7O7/c1-25-45-38(47-56-25)37-43-22-32(23-44-37)55-31-15-10-27(11-16-31)42(2,3)26-8-13-30(14-9-26)54-24-29-7-5-4-6-20-48(29)28-12-17-33-34(21-28)41(53)49(40(33)52)35-18-19-36(50)46-39(35)51/h4-17,20-23,35H,18-19,24H2,1-3H3,(H,46,50,51)/t35-/m0/s1. The number of fused-ring (bicyclic) bond motifs is 1. The van der Waals surface area contributed by atoms with Gasteiger partial charge in [0, 0.05) is 30.6 Å². The molecule has 0 spiro atoms. The Hall–Kier alpha value is -7.22. The fraction of sp³-hybridized carbons (Fsp3) is 0.190. The number of benzene rings is 3. The Balaban J connectivity index is 0.914. The molecule has 1 atom stereocenters. The fourth-order valence-corrected chi connectivity index (χ4v) is 6.76. The van der Waals surface area contributed by atoms with Gasteiger partial charge in [-0.1, -0.05) is 55.4 Å². The summed E-state index contributed by atoms with van der Waals surface area (Å²) in [5.74, 6) is 0.684. The molecule has 5 heterocycles. The highest BCUT2D eigenvalue weighted by Gasteiger charge is 2.44. The number of nitrogens with one attached hydrogen (secondary N) is 1. The molecule has 3 aromatic carbocycles. The first-order valence-corrected chi connectivity index (χ1v) is 17.9. The second-order valence-corrected chi connectivity index (χ2v) is 13.9. The number of aromatic nitrogens is 4. The van der Waals surface area contributed by atoms with Crippen LogP contribution in [-0.2, 0) is 15.0 Å². The van der Waals surface area contributed by atoms with Crippen LogP contribution >= 0.6 is 0 Å². The summed E-state index contributed by atoms with van der Waals surface area (Å²) < 4.78 is 17.2. The molecule has 2 aromatic heterocycles. The highest BCUT2D eigenvalue weighted by molar-refractivity contribution is 6.23. The van der Waals surface area contributed by atoms with E-state index in [0.29, 0.717) is 40.5 Å². The highest BCUT2D eigenvalue weighted by Crippen LogP contribution is 2.35. The van der Waals surface area contributed by atoms with Gasteiger partial charge in [0.15, 0.2) is 5.75 Å². The topological polar surface area (TPSA) is 170 Å². The molecule has 0 unspecified atom stereocenters. The lowest BCUT2D eigenvalue weighted by Crippen LogP contribution is -2.54. The van der Waals surface area contributed by atoms with Gasteiger partial charge in [-0.3, -0.25) is 29.4 Å². The molecule has 5 aromatic rings. The van der Waals surface area contributed by atoms with E-state index in [9.17, 15) is 19.2 Å². The Morgan fingerprint density at radius 3 is 2.20 bits per heavy atom. The number of aryl methyl sites for hydroxylation is 1. The molecular formula is C42H35N7O7. The summed E-state index contributed by atoms with van der Waals surface area (Å²) in [5, 5.41) is 6.06. The molecule has 0 bridgehead atoms. The van der Waals surface area contributed by atoms with Crippen LogP contribution in [0.2, 0.25) is 0 Å². The number of anilines is 1. The predicted octanol–water partition coefficient (Wildman–Crippen LogP) is 6.21. The number of amides is 4. The van der Waals surface area contributed by atoms with Gasteiger partial charge in [0.25, 0.3) is 11.8 Å². The number of piperidine rings is 1. The molecule has 8 rings (SSSR count). The molecule has 14 heteroatoms. The third-order valence-electron chi connectivity index (χ3n) is 9.89. The maximum absolute atomic E-state index is 13.5. The molecule has 280 valence electrons. The Labute approximate surface area is 321 Å². The van der Waals surface area contributed by atoms with Gasteiger partial charge < -0.3 is 18.9 Å². The molecule has 3 aliphatic rings. The summed E-state index contributed by atoms with van der Waals surface area (Å²) in [7, 11) is 0. The molecule has 1 saturated heterocycles. The monoisotopic (exact) mass is 749 g/mol. The average Bonchev–Trinajstić information content (AvgIpc) is 3.63. The number of carbonyl (C=O) groups is 4. The number of hydrogen-bond acceptors (Lipinski definition) is 12. The lowest BCUT2D eigenvalue weighted by atomic mass is 9.78. The van der Waals surface area contributed by atoms with Crippen molar-refractivity contribution in [1.29, 1.82) is 0 Å². The van der Waals surface area contributed by atoms with Crippen LogP contribution in [-0.4, -0.2) is 61.3 Å². The fourth-order valence-electron chi connectivity index (χ4n) is 6.76. The second-order valence-electron chi connectivity index (χ2n) is 13.9. The van der Waals surface area contributed by atoms with Crippen molar-refractivity contribution in [2.75, 3.05) is 11.5 Å². The van der Waals surface area contributed by atoms with Gasteiger partial charge in [0.2, 0.25) is 29.4 Å². The predicted molar refractivity (Wildman–Crippen MR) is 203 cm³/mol. The van der Waals surface area contributed by atoms with Crippen molar-refractivity contribution in [3.8, 4) is 28.9 Å². The zero-order valence-electron chi connectivity index (χ0n) is 30.6. The van der Waals surface area contributed by atoms with Crippen molar-refractivity contribution in [1.82, 2.24) is 30.3 Å². The van der Waals surface area contributed by atoms with E-state index < -0.39 is 29.7 Å². The van der Waals surface area contributed by atoms with Crippen molar-refractivity contribution in [3.63, 3.8) is 0 Å². The minimum absolute atomic E-state index is 0.0541. The van der Waals surface area contributed by atoms with E-state index in [1.54, 1.807) is 37.5 Å². The molecular weight excluding hydrogens is 715 g/mol. The lowest BCUT2D eigenvalue weighted by Gasteiger charge is -2.27. The Morgan fingerprint density at radius 2 is 1.52 bits per heavy atom. The van der Waals surface area contributed by atoms with Crippen molar-refractivity contribution in [3.05, 3.63) is 143 Å². The first-order chi connectivity index (χ1) is 27.0. The number of rotatable bonds is 10. The summed E-state index contributed by atoms with van der Waals surface area (Å²) in [6.45, 7) is 6.20. The summed E-state index contributed by atoms with van der Waals surface area (Å²) in [5.41, 5.74) is 3.67. The number of hydrogen-bond donors (Lipinski definition) is 1. The normalized spacial score (nSPS) is 16.8. The van der Waals surface area contributed by atoms with Gasteiger partial charge in [-0.05, 0) is 72.2 Å². The smallest absolute Gasteiger partial charge is 0.262 e. The maximum Gasteiger partial charge on any atom is 0.262 e. The van der Waals surface area contributed by atoms with Crippen molar-refractivity contribution >= 4 is 29.3 Å². The average molecular weight is 750 g/mol. The minimum atomic E-state index is -1.03. The van der Waals surface area contributed by atoms with Gasteiger partial charge in [0.05, 0.1) is 29.2 Å². The Morgan fingerprint density at radius 1 is 0.821 bits per heavy atom. The van der Waals surface area contributed by atoms with E-state index >= 15 is 0 Å². The van der Waals surface area contributed by atoms with E-state index in [0.717, 1.165) is 21.7 Å². The van der Waals surface area contributed by atoms with Crippen LogP contribution < -0.4 is 19.7 Å². The van der Waals surface area contributed by atoms with Gasteiger partial charge in [-0.25, -0.2) is 9.97 Å². The number of ether oxygens (including phenoxy) is 2. The maximum atomic E-state index is 13.5. The molecule has 1 fully saturated rings. The van der Waals surface area contributed by atoms with Crippen molar-refractivity contribution in [2.24, 2.45) is 0 Å². The number of imide groups is 2. The van der Waals surface area contributed by atoms with E-state index in [4.69, 9.17) is 14.0 Å². The number of allylic oxidation sites excluding steroid dienone is 4. The van der Waals surface area contributed by atoms with Crippen LogP contribution in [0.4, 0.5) is 5.69 Å². The van der Waals surface area contributed by atoms with Crippen molar-refractivity contribution < 1.29 is 33.2 Å². The number of carbonyl (C=O) groups excluding carboxylic acids is 4. The summed E-state index contributed by atoms with van der Waals surface area (Å²) in [6.07, 6.45) is 12.7. The molecule has 4 amide bonds. The first kappa shape index (κ1) is 35.8. The van der Waals surface area contributed by atoms with Gasteiger partial charge in [-0.15, -0.1) is 0 Å². The third-order valence-corrected chi connectivity index (χ3v) is 9.89. The van der Waals surface area contributed by atoms with Crippen LogP contribution in [0.25, 0.3) is 11.6 Å². The molecule has 0 aliphatic carbocycles. The van der Waals surface area contributed by atoms with Crippen LogP contribution in [0, 0.1) is 6.92 Å². The Kier molecular flexibility index (Phi) is 9.30. The summed E-state index contributed by atoms with van der Waals surface area (Å²) in [4.78, 5) is 66.5. The molecule has 56 heavy (non-hydrogen) atoms. The Bertz CT molecular complexity index is 2450. The zero-order chi connectivity index (χ0) is 39.0. The van der Waals surface area contributed by atoms with E-state index in [1.807, 2.05) is 83.9 Å².